The molecule has 0 spiro atoms. The minimum atomic E-state index is -1.90. The first-order valence-corrected chi connectivity index (χ1v) is 4.46. The molecule has 0 bridgehead atoms. The van der Waals surface area contributed by atoms with Gasteiger partial charge >= 0.3 is 0 Å². The van der Waals surface area contributed by atoms with Crippen LogP contribution < -0.4 is 5.73 Å². The van der Waals surface area contributed by atoms with E-state index < -0.39 is 11.1 Å². The molecule has 1 rings (SSSR count). The van der Waals surface area contributed by atoms with Crippen molar-refractivity contribution in [2.24, 2.45) is 5.73 Å². The van der Waals surface area contributed by atoms with Crippen LogP contribution in [0.15, 0.2) is 0 Å². The van der Waals surface area contributed by atoms with Gasteiger partial charge in [0.05, 0.1) is 0 Å². The molecule has 5 heteroatoms. The molecule has 0 aromatic carbocycles. The van der Waals surface area contributed by atoms with Crippen molar-refractivity contribution >= 4 is 11.1 Å². The summed E-state index contributed by atoms with van der Waals surface area (Å²) >= 11 is -1.90. The van der Waals surface area contributed by atoms with Crippen molar-refractivity contribution in [3.63, 3.8) is 0 Å². The largest absolute Gasteiger partial charge is 0.772 e. The Bertz CT molecular complexity index is 136. The van der Waals surface area contributed by atoms with Crippen LogP contribution in [0.25, 0.3) is 0 Å². The number of nitrogens with zero attached hydrogens (tertiary/aromatic N) is 1. The highest BCUT2D eigenvalue weighted by molar-refractivity contribution is 7.79. The molecule has 1 saturated heterocycles. The molecule has 0 aromatic heterocycles. The van der Waals surface area contributed by atoms with Gasteiger partial charge in [-0.1, -0.05) is 11.1 Å². The van der Waals surface area contributed by atoms with Crippen LogP contribution in [0.3, 0.4) is 0 Å². The number of nitrogens with two attached hydrogens (primary N) is 1. The van der Waals surface area contributed by atoms with Crippen LogP contribution in [0.5, 0.6) is 0 Å². The molecule has 1 aliphatic heterocycles. The maximum absolute atomic E-state index is 10.1. The van der Waals surface area contributed by atoms with Gasteiger partial charge in [-0.05, 0) is 0 Å². The van der Waals surface area contributed by atoms with Crippen LogP contribution >= 0.6 is 0 Å². The summed E-state index contributed by atoms with van der Waals surface area (Å²) in [7, 11) is 0. The molecule has 1 heterocycles. The van der Waals surface area contributed by atoms with Crippen molar-refractivity contribution in [3.8, 4) is 0 Å². The summed E-state index contributed by atoms with van der Waals surface area (Å²) in [6.07, 6.45) is 0. The standard InChI is InChI=1S/C5H12N2O2S/c6-5-3-7(4-5)1-2-10(8)9/h5H,1-4,6H2,(H,8,9)/p-1. The normalized spacial score (nSPS) is 24.2. The Hall–Kier alpha value is 0.0300. The topological polar surface area (TPSA) is 69.4 Å². The van der Waals surface area contributed by atoms with Crippen LogP contribution in [-0.2, 0) is 11.1 Å². The van der Waals surface area contributed by atoms with Crippen molar-refractivity contribution in [3.05, 3.63) is 0 Å². The summed E-state index contributed by atoms with van der Waals surface area (Å²) in [5, 5.41) is 0. The van der Waals surface area contributed by atoms with E-state index in [2.05, 4.69) is 0 Å². The third-order valence-corrected chi connectivity index (χ3v) is 2.08. The van der Waals surface area contributed by atoms with Gasteiger partial charge < -0.3 is 10.3 Å². The van der Waals surface area contributed by atoms with E-state index in [9.17, 15) is 8.76 Å². The SMILES string of the molecule is NC1CN(CCS(=O)[O-])C1. The molecule has 2 N–H and O–H groups in total. The highest BCUT2D eigenvalue weighted by Gasteiger charge is 2.21. The van der Waals surface area contributed by atoms with Gasteiger partial charge in [-0.15, -0.1) is 0 Å². The second-order valence-corrected chi connectivity index (χ2v) is 3.54. The fourth-order valence-electron chi connectivity index (χ4n) is 0.996. The Morgan fingerprint density at radius 3 is 2.70 bits per heavy atom. The third kappa shape index (κ3) is 2.34. The zero-order valence-corrected chi connectivity index (χ0v) is 6.47. The zero-order valence-electron chi connectivity index (χ0n) is 5.66. The highest BCUT2D eigenvalue weighted by Crippen LogP contribution is 2.03. The van der Waals surface area contributed by atoms with Crippen LogP contribution in [-0.4, -0.2) is 45.1 Å². The van der Waals surface area contributed by atoms with Gasteiger partial charge in [-0.3, -0.25) is 9.11 Å². The van der Waals surface area contributed by atoms with Crippen molar-refractivity contribution in [1.82, 2.24) is 4.90 Å². The van der Waals surface area contributed by atoms with Gasteiger partial charge in [0, 0.05) is 31.4 Å². The van der Waals surface area contributed by atoms with Crippen LogP contribution in [0.4, 0.5) is 0 Å². The fourth-order valence-corrected chi connectivity index (χ4v) is 1.40. The number of likely N-dealkylation sites (tertiary alicyclic amines) is 1. The lowest BCUT2D eigenvalue weighted by Crippen LogP contribution is -2.56. The number of rotatable bonds is 3. The predicted molar refractivity (Wildman–Crippen MR) is 38.2 cm³/mol. The maximum Gasteiger partial charge on any atom is 0.0297 e. The fraction of sp³-hybridized carbons (Fsp3) is 1.00. The molecule has 0 saturated carbocycles. The molecule has 0 aromatic rings. The van der Waals surface area contributed by atoms with Crippen molar-refractivity contribution < 1.29 is 8.76 Å². The highest BCUT2D eigenvalue weighted by atomic mass is 32.2. The van der Waals surface area contributed by atoms with Gasteiger partial charge in [-0.25, -0.2) is 0 Å². The third-order valence-electron chi connectivity index (χ3n) is 1.56. The van der Waals surface area contributed by atoms with Gasteiger partial charge in [-0.2, -0.15) is 0 Å². The summed E-state index contributed by atoms with van der Waals surface area (Å²) in [5.41, 5.74) is 5.48. The predicted octanol–water partition coefficient (Wildman–Crippen LogP) is -1.49. The first kappa shape index (κ1) is 8.13. The smallest absolute Gasteiger partial charge is 0.0297 e. The van der Waals surface area contributed by atoms with Gasteiger partial charge in [0.1, 0.15) is 0 Å². The number of hydrogen-bond donors (Lipinski definition) is 1. The molecule has 60 valence electrons. The second-order valence-electron chi connectivity index (χ2n) is 2.53. The first-order valence-electron chi connectivity index (χ1n) is 3.22. The van der Waals surface area contributed by atoms with E-state index in [1.807, 2.05) is 4.90 Å². The first-order chi connectivity index (χ1) is 4.68. The van der Waals surface area contributed by atoms with E-state index >= 15 is 0 Å². The van der Waals surface area contributed by atoms with E-state index in [1.165, 1.54) is 0 Å². The average molecular weight is 163 g/mol. The number of hydrogen-bond acceptors (Lipinski definition) is 4. The lowest BCUT2D eigenvalue weighted by molar-refractivity contribution is 0.160. The summed E-state index contributed by atoms with van der Waals surface area (Å²) in [6, 6.07) is 0.264. The molecule has 1 fully saturated rings. The van der Waals surface area contributed by atoms with E-state index in [-0.39, 0.29) is 11.8 Å². The van der Waals surface area contributed by atoms with Crippen molar-refractivity contribution in [2.75, 3.05) is 25.4 Å². The summed E-state index contributed by atoms with van der Waals surface area (Å²) in [6.45, 7) is 2.32. The average Bonchev–Trinajstić information content (AvgIpc) is 1.77. The summed E-state index contributed by atoms with van der Waals surface area (Å²) < 4.78 is 20.1. The Balaban J connectivity index is 2.00. The lowest BCUT2D eigenvalue weighted by atomic mass is 10.1. The molecule has 1 aliphatic rings. The van der Waals surface area contributed by atoms with Crippen LogP contribution in [0.1, 0.15) is 0 Å². The molecular formula is C5H11N2O2S-. The van der Waals surface area contributed by atoms with E-state index in [4.69, 9.17) is 5.73 Å². The summed E-state index contributed by atoms with van der Waals surface area (Å²) in [5.74, 6) is 0.229. The molecule has 0 aliphatic carbocycles. The molecular weight excluding hydrogens is 152 g/mol. The Labute approximate surface area is 62.7 Å². The van der Waals surface area contributed by atoms with Gasteiger partial charge in [0.2, 0.25) is 0 Å². The monoisotopic (exact) mass is 163 g/mol. The molecule has 10 heavy (non-hydrogen) atoms. The second kappa shape index (κ2) is 3.43. The maximum atomic E-state index is 10.1. The van der Waals surface area contributed by atoms with Gasteiger partial charge in [0.25, 0.3) is 0 Å². The Morgan fingerprint density at radius 1 is 1.70 bits per heavy atom. The molecule has 1 unspecified atom stereocenters. The van der Waals surface area contributed by atoms with Crippen molar-refractivity contribution in [2.45, 2.75) is 6.04 Å². The Morgan fingerprint density at radius 2 is 2.30 bits per heavy atom. The van der Waals surface area contributed by atoms with E-state index in [0.717, 1.165) is 13.1 Å². The van der Waals surface area contributed by atoms with E-state index in [1.54, 1.807) is 0 Å². The minimum Gasteiger partial charge on any atom is -0.772 e. The van der Waals surface area contributed by atoms with Crippen LogP contribution in [0.2, 0.25) is 0 Å². The van der Waals surface area contributed by atoms with Crippen LogP contribution in [0, 0.1) is 0 Å². The summed E-state index contributed by atoms with van der Waals surface area (Å²) in [4.78, 5) is 2.03. The molecule has 0 amide bonds. The van der Waals surface area contributed by atoms with Gasteiger partial charge in [0.15, 0.2) is 0 Å². The minimum absolute atomic E-state index is 0.229. The molecule has 1 atom stereocenters. The molecule has 0 radical (unpaired) electrons. The van der Waals surface area contributed by atoms with Crippen molar-refractivity contribution in [1.29, 1.82) is 0 Å². The molecule has 4 nitrogen and oxygen atoms in total. The quantitative estimate of drug-likeness (QED) is 0.514. The zero-order chi connectivity index (χ0) is 7.56. The van der Waals surface area contributed by atoms with E-state index in [0.29, 0.717) is 6.54 Å². The Kier molecular flexibility index (Phi) is 2.79. The lowest BCUT2D eigenvalue weighted by Gasteiger charge is -2.36.